The van der Waals surface area contributed by atoms with E-state index in [0.29, 0.717) is 5.75 Å². The zero-order chi connectivity index (χ0) is 16.7. The number of non-ortho nitro benzene ring substituents is 1. The van der Waals surface area contributed by atoms with Gasteiger partial charge in [0.1, 0.15) is 6.04 Å². The highest BCUT2D eigenvalue weighted by Gasteiger charge is 2.21. The van der Waals surface area contributed by atoms with Crippen LogP contribution in [-0.2, 0) is 9.59 Å². The van der Waals surface area contributed by atoms with Crippen LogP contribution in [0.15, 0.2) is 29.2 Å². The SMILES string of the molecule is CC(C(=O)O)N(C)C(=O)CCSSc1ccc([N+](=O)[O-])cc1. The third-order valence-electron chi connectivity index (χ3n) is 2.93. The number of rotatable bonds is 8. The lowest BCUT2D eigenvalue weighted by Gasteiger charge is -2.21. The van der Waals surface area contributed by atoms with Gasteiger partial charge >= 0.3 is 5.97 Å². The summed E-state index contributed by atoms with van der Waals surface area (Å²) >= 11 is 0. The molecule has 0 aliphatic heterocycles. The second kappa shape index (κ2) is 8.64. The Morgan fingerprint density at radius 2 is 1.95 bits per heavy atom. The van der Waals surface area contributed by atoms with E-state index in [1.807, 2.05) is 0 Å². The number of carbonyl (C=O) groups excluding carboxylic acids is 1. The van der Waals surface area contributed by atoms with Gasteiger partial charge in [-0.25, -0.2) is 4.79 Å². The molecule has 0 aliphatic carbocycles. The van der Waals surface area contributed by atoms with Crippen LogP contribution in [0, 0.1) is 10.1 Å². The monoisotopic (exact) mass is 344 g/mol. The number of nitrogens with zero attached hydrogens (tertiary/aromatic N) is 2. The number of carboxylic acid groups (broad SMARTS) is 1. The van der Waals surface area contributed by atoms with Crippen molar-refractivity contribution >= 4 is 39.2 Å². The molecule has 0 saturated heterocycles. The lowest BCUT2D eigenvalue weighted by Crippen LogP contribution is -2.40. The van der Waals surface area contributed by atoms with Crippen LogP contribution < -0.4 is 0 Å². The van der Waals surface area contributed by atoms with Crippen LogP contribution in [0.2, 0.25) is 0 Å². The van der Waals surface area contributed by atoms with Gasteiger partial charge in [0.2, 0.25) is 5.91 Å². The van der Waals surface area contributed by atoms with Crippen molar-refractivity contribution in [1.29, 1.82) is 0 Å². The highest BCUT2D eigenvalue weighted by molar-refractivity contribution is 8.76. The third-order valence-corrected chi connectivity index (χ3v) is 5.32. The van der Waals surface area contributed by atoms with Crippen molar-refractivity contribution in [2.75, 3.05) is 12.8 Å². The fraction of sp³-hybridized carbons (Fsp3) is 0.385. The van der Waals surface area contributed by atoms with Crippen LogP contribution in [0.5, 0.6) is 0 Å². The summed E-state index contributed by atoms with van der Waals surface area (Å²) in [4.78, 5) is 34.7. The number of aliphatic carboxylic acids is 1. The molecule has 1 atom stereocenters. The molecular weight excluding hydrogens is 328 g/mol. The molecule has 1 rings (SSSR count). The molecule has 0 saturated carbocycles. The molecule has 0 aliphatic rings. The predicted octanol–water partition coefficient (Wildman–Crippen LogP) is 2.66. The number of nitro groups is 1. The zero-order valence-electron chi connectivity index (χ0n) is 12.1. The van der Waals surface area contributed by atoms with Gasteiger partial charge in [0, 0.05) is 36.2 Å². The average molecular weight is 344 g/mol. The number of carbonyl (C=O) groups is 2. The van der Waals surface area contributed by atoms with Crippen molar-refractivity contribution in [1.82, 2.24) is 4.90 Å². The van der Waals surface area contributed by atoms with Crippen LogP contribution in [0.3, 0.4) is 0 Å². The van der Waals surface area contributed by atoms with E-state index in [4.69, 9.17) is 5.11 Å². The molecule has 1 aromatic rings. The summed E-state index contributed by atoms with van der Waals surface area (Å²) in [6, 6.07) is 5.30. The number of likely N-dealkylation sites (N-methyl/N-ethyl adjacent to an activating group) is 1. The summed E-state index contributed by atoms with van der Waals surface area (Å²) in [6.45, 7) is 1.46. The topological polar surface area (TPSA) is 101 Å². The molecule has 120 valence electrons. The molecule has 0 spiro atoms. The largest absolute Gasteiger partial charge is 0.480 e. The predicted molar refractivity (Wildman–Crippen MR) is 85.9 cm³/mol. The van der Waals surface area contributed by atoms with Gasteiger partial charge in [0.25, 0.3) is 5.69 Å². The molecule has 0 radical (unpaired) electrons. The van der Waals surface area contributed by atoms with Gasteiger partial charge in [0.15, 0.2) is 0 Å². The minimum absolute atomic E-state index is 0.0359. The Labute approximate surface area is 135 Å². The van der Waals surface area contributed by atoms with E-state index in [0.717, 1.165) is 4.90 Å². The van der Waals surface area contributed by atoms with Crippen molar-refractivity contribution < 1.29 is 19.6 Å². The van der Waals surface area contributed by atoms with Crippen molar-refractivity contribution in [3.8, 4) is 0 Å². The van der Waals surface area contributed by atoms with Gasteiger partial charge in [-0.15, -0.1) is 0 Å². The molecule has 1 unspecified atom stereocenters. The fourth-order valence-corrected chi connectivity index (χ4v) is 3.39. The van der Waals surface area contributed by atoms with E-state index in [-0.39, 0.29) is 18.0 Å². The maximum Gasteiger partial charge on any atom is 0.326 e. The Morgan fingerprint density at radius 3 is 2.45 bits per heavy atom. The molecule has 1 N–H and O–H groups in total. The highest BCUT2D eigenvalue weighted by Crippen LogP contribution is 2.32. The Morgan fingerprint density at radius 1 is 1.36 bits per heavy atom. The van der Waals surface area contributed by atoms with Crippen molar-refractivity contribution in [2.24, 2.45) is 0 Å². The van der Waals surface area contributed by atoms with Crippen LogP contribution in [0.25, 0.3) is 0 Å². The minimum Gasteiger partial charge on any atom is -0.480 e. The number of hydrogen-bond acceptors (Lipinski definition) is 6. The summed E-state index contributed by atoms with van der Waals surface area (Å²) in [5.41, 5.74) is 0.0359. The van der Waals surface area contributed by atoms with Gasteiger partial charge < -0.3 is 10.0 Å². The summed E-state index contributed by atoms with van der Waals surface area (Å²) in [7, 11) is 4.32. The molecule has 22 heavy (non-hydrogen) atoms. The first kappa shape index (κ1) is 18.3. The van der Waals surface area contributed by atoms with E-state index in [9.17, 15) is 19.7 Å². The van der Waals surface area contributed by atoms with Gasteiger partial charge in [-0.2, -0.15) is 0 Å². The normalized spacial score (nSPS) is 11.7. The van der Waals surface area contributed by atoms with Gasteiger partial charge in [-0.3, -0.25) is 14.9 Å². The van der Waals surface area contributed by atoms with Gasteiger partial charge in [-0.05, 0) is 19.1 Å². The molecule has 9 heteroatoms. The van der Waals surface area contributed by atoms with Crippen LogP contribution in [0.4, 0.5) is 5.69 Å². The van der Waals surface area contributed by atoms with Crippen molar-refractivity contribution in [3.05, 3.63) is 34.4 Å². The van der Waals surface area contributed by atoms with Crippen molar-refractivity contribution in [2.45, 2.75) is 24.3 Å². The molecular formula is C13H16N2O5S2. The summed E-state index contributed by atoms with van der Waals surface area (Å²) in [6.07, 6.45) is 0.235. The molecule has 0 bridgehead atoms. The molecule has 0 aromatic heterocycles. The quantitative estimate of drug-likeness (QED) is 0.335. The van der Waals surface area contributed by atoms with E-state index < -0.39 is 16.9 Å². The number of carboxylic acids is 1. The third kappa shape index (κ3) is 5.57. The van der Waals surface area contributed by atoms with E-state index >= 15 is 0 Å². The number of hydrogen-bond donors (Lipinski definition) is 1. The van der Waals surface area contributed by atoms with Crippen LogP contribution in [-0.4, -0.2) is 45.6 Å². The summed E-state index contributed by atoms with van der Waals surface area (Å²) in [5.74, 6) is -0.743. The average Bonchev–Trinajstić information content (AvgIpc) is 2.50. The van der Waals surface area contributed by atoms with E-state index in [1.54, 1.807) is 12.1 Å². The first-order chi connectivity index (χ1) is 10.3. The highest BCUT2D eigenvalue weighted by atomic mass is 33.1. The maximum absolute atomic E-state index is 11.8. The lowest BCUT2D eigenvalue weighted by molar-refractivity contribution is -0.384. The number of nitro benzene ring substituents is 1. The smallest absolute Gasteiger partial charge is 0.326 e. The molecule has 1 aromatic carbocycles. The first-order valence-corrected chi connectivity index (χ1v) is 8.67. The Kier molecular flexibility index (Phi) is 7.19. The molecule has 7 nitrogen and oxygen atoms in total. The Hall–Kier alpha value is -1.74. The lowest BCUT2D eigenvalue weighted by atomic mass is 10.3. The zero-order valence-corrected chi connectivity index (χ0v) is 13.7. The van der Waals surface area contributed by atoms with Gasteiger partial charge in [0.05, 0.1) is 4.92 Å². The van der Waals surface area contributed by atoms with Crippen LogP contribution >= 0.6 is 21.6 Å². The van der Waals surface area contributed by atoms with E-state index in [1.165, 1.54) is 52.6 Å². The fourth-order valence-electron chi connectivity index (χ4n) is 1.42. The molecule has 0 fully saturated rings. The number of amides is 1. The minimum atomic E-state index is -1.04. The van der Waals surface area contributed by atoms with Gasteiger partial charge in [-0.1, -0.05) is 21.6 Å². The number of benzene rings is 1. The maximum atomic E-state index is 11.8. The second-order valence-corrected chi connectivity index (χ2v) is 6.91. The Bertz CT molecular complexity index is 550. The van der Waals surface area contributed by atoms with Crippen molar-refractivity contribution in [3.63, 3.8) is 0 Å². The summed E-state index contributed by atoms with van der Waals surface area (Å²) < 4.78 is 0. The van der Waals surface area contributed by atoms with Crippen LogP contribution in [0.1, 0.15) is 13.3 Å². The second-order valence-electron chi connectivity index (χ2n) is 4.43. The Balaban J connectivity index is 2.34. The van der Waals surface area contributed by atoms with E-state index in [2.05, 4.69) is 0 Å². The standard InChI is InChI=1S/C13H16N2O5S2/c1-9(13(17)18)14(2)12(16)7-8-21-22-11-5-3-10(4-6-11)15(19)20/h3-6,9H,7-8H2,1-2H3,(H,17,18). The molecule has 0 heterocycles. The first-order valence-electron chi connectivity index (χ1n) is 6.35. The summed E-state index contributed by atoms with van der Waals surface area (Å²) in [5, 5.41) is 19.4. The molecule has 1 amide bonds.